The Morgan fingerprint density at radius 3 is 2.17 bits per heavy atom. The van der Waals surface area contributed by atoms with E-state index in [1.54, 1.807) is 60.8 Å². The molecule has 5 N–H and O–H groups in total. The van der Waals surface area contributed by atoms with Crippen LogP contribution in [0.15, 0.2) is 94.6 Å². The third-order valence-corrected chi connectivity index (χ3v) is 7.19. The van der Waals surface area contributed by atoms with Crippen molar-refractivity contribution >= 4 is 39.6 Å². The second-order valence-corrected chi connectivity index (χ2v) is 10.0. The molecule has 0 bridgehead atoms. The van der Waals surface area contributed by atoms with Crippen LogP contribution in [0.5, 0.6) is 0 Å². The number of aromatic nitrogens is 3. The van der Waals surface area contributed by atoms with Crippen molar-refractivity contribution in [2.75, 3.05) is 0 Å². The van der Waals surface area contributed by atoms with Gasteiger partial charge in [-0.15, -0.1) is 0 Å². The minimum atomic E-state index is -1.32. The van der Waals surface area contributed by atoms with Gasteiger partial charge in [0.1, 0.15) is 18.1 Å². The van der Waals surface area contributed by atoms with Gasteiger partial charge < -0.3 is 25.7 Å². The first kappa shape index (κ1) is 28.1. The molecule has 0 unspecified atom stereocenters. The van der Waals surface area contributed by atoms with E-state index in [2.05, 4.69) is 20.6 Å². The summed E-state index contributed by atoms with van der Waals surface area (Å²) in [7, 11) is 0. The molecule has 11 heteroatoms. The average molecular weight is 568 g/mol. The van der Waals surface area contributed by atoms with E-state index < -0.39 is 47.2 Å². The van der Waals surface area contributed by atoms with Crippen LogP contribution in [0.2, 0.25) is 0 Å². The minimum Gasteiger partial charge on any atom is -0.480 e. The van der Waals surface area contributed by atoms with Crippen LogP contribution in [-0.2, 0) is 27.2 Å². The van der Waals surface area contributed by atoms with E-state index in [1.807, 2.05) is 24.3 Å². The Balaban J connectivity index is 1.44. The molecule has 0 radical (unpaired) electrons. The summed E-state index contributed by atoms with van der Waals surface area (Å²) in [5, 5.41) is 15.8. The number of carboxylic acid groups (broad SMARTS) is 1. The van der Waals surface area contributed by atoms with Crippen molar-refractivity contribution in [1.29, 1.82) is 0 Å². The summed E-state index contributed by atoms with van der Waals surface area (Å²) in [6.07, 6.45) is 1.73. The third kappa shape index (κ3) is 5.85. The lowest BCUT2D eigenvalue weighted by Crippen LogP contribution is -2.53. The number of para-hydroxylation sites is 2. The normalized spacial score (nSPS) is 13.4. The molecule has 3 atom stereocenters. The SMILES string of the molecule is C[C@H](NC(=O)[C@H](Cc1c[nH]c2ccccc12)n1c(=O)[nH]c2ccccc2c1=O)C(=O)N[C@@H](Cc1ccccc1)C(=O)O. The van der Waals surface area contributed by atoms with E-state index in [-0.39, 0.29) is 18.2 Å². The van der Waals surface area contributed by atoms with Gasteiger partial charge in [0.2, 0.25) is 11.8 Å². The number of carboxylic acids is 1. The average Bonchev–Trinajstić information content (AvgIpc) is 3.39. The molecule has 5 rings (SSSR count). The van der Waals surface area contributed by atoms with E-state index >= 15 is 0 Å². The number of fused-ring (bicyclic) bond motifs is 2. The number of hydrogen-bond donors (Lipinski definition) is 5. The Labute approximate surface area is 239 Å². The molecular weight excluding hydrogens is 538 g/mol. The smallest absolute Gasteiger partial charge is 0.329 e. The van der Waals surface area contributed by atoms with Crippen molar-refractivity contribution in [1.82, 2.24) is 25.2 Å². The number of carbonyl (C=O) groups is 3. The maximum absolute atomic E-state index is 13.7. The fourth-order valence-electron chi connectivity index (χ4n) is 4.99. The largest absolute Gasteiger partial charge is 0.480 e. The Morgan fingerprint density at radius 1 is 0.810 bits per heavy atom. The van der Waals surface area contributed by atoms with Crippen LogP contribution in [0.3, 0.4) is 0 Å². The maximum Gasteiger partial charge on any atom is 0.329 e. The molecule has 0 saturated heterocycles. The molecule has 0 fully saturated rings. The highest BCUT2D eigenvalue weighted by Gasteiger charge is 2.30. The van der Waals surface area contributed by atoms with E-state index in [1.165, 1.54) is 6.92 Å². The first-order valence-corrected chi connectivity index (χ1v) is 13.4. The molecular formula is C31H29N5O6. The summed E-state index contributed by atoms with van der Waals surface area (Å²) in [4.78, 5) is 71.1. The molecule has 0 aliphatic rings. The number of rotatable bonds is 10. The number of carbonyl (C=O) groups excluding carboxylic acids is 2. The second kappa shape index (κ2) is 12.0. The Morgan fingerprint density at radius 2 is 1.45 bits per heavy atom. The molecule has 5 aromatic rings. The lowest BCUT2D eigenvalue weighted by molar-refractivity contribution is -0.142. The number of nitrogens with zero attached hydrogens (tertiary/aromatic N) is 1. The third-order valence-electron chi connectivity index (χ3n) is 7.19. The van der Waals surface area contributed by atoms with Crippen molar-refractivity contribution in [2.45, 2.75) is 37.9 Å². The lowest BCUT2D eigenvalue weighted by atomic mass is 10.0. The zero-order valence-corrected chi connectivity index (χ0v) is 22.7. The quantitative estimate of drug-likeness (QED) is 0.174. The van der Waals surface area contributed by atoms with Gasteiger partial charge in [0.05, 0.1) is 10.9 Å². The van der Waals surface area contributed by atoms with Gasteiger partial charge in [-0.05, 0) is 36.2 Å². The minimum absolute atomic E-state index is 0.0305. The molecule has 2 amide bonds. The summed E-state index contributed by atoms with van der Waals surface area (Å²) >= 11 is 0. The fourth-order valence-corrected chi connectivity index (χ4v) is 4.99. The molecule has 0 aliphatic heterocycles. The van der Waals surface area contributed by atoms with Crippen LogP contribution >= 0.6 is 0 Å². The van der Waals surface area contributed by atoms with Gasteiger partial charge in [-0.3, -0.25) is 14.4 Å². The monoisotopic (exact) mass is 567 g/mol. The zero-order chi connectivity index (χ0) is 29.8. The first-order chi connectivity index (χ1) is 20.2. The molecule has 0 saturated carbocycles. The highest BCUT2D eigenvalue weighted by molar-refractivity contribution is 5.92. The fraction of sp³-hybridized carbons (Fsp3) is 0.194. The van der Waals surface area contributed by atoms with E-state index in [0.717, 1.165) is 21.0 Å². The summed E-state index contributed by atoms with van der Waals surface area (Å²) < 4.78 is 0.861. The molecule has 0 spiro atoms. The zero-order valence-electron chi connectivity index (χ0n) is 22.7. The van der Waals surface area contributed by atoms with Crippen LogP contribution in [0.1, 0.15) is 24.1 Å². The summed E-state index contributed by atoms with van der Waals surface area (Å²) in [6.45, 7) is 1.41. The van der Waals surface area contributed by atoms with Gasteiger partial charge in [0.25, 0.3) is 5.56 Å². The molecule has 2 aromatic heterocycles. The van der Waals surface area contributed by atoms with Crippen LogP contribution in [0.25, 0.3) is 21.8 Å². The predicted octanol–water partition coefficient (Wildman–Crippen LogP) is 2.27. The van der Waals surface area contributed by atoms with Gasteiger partial charge >= 0.3 is 11.7 Å². The van der Waals surface area contributed by atoms with Crippen molar-refractivity contribution in [3.63, 3.8) is 0 Å². The highest BCUT2D eigenvalue weighted by atomic mass is 16.4. The summed E-state index contributed by atoms with van der Waals surface area (Å²) in [5.41, 5.74) is 1.13. The molecule has 3 aromatic carbocycles. The predicted molar refractivity (Wildman–Crippen MR) is 157 cm³/mol. The van der Waals surface area contributed by atoms with Crippen LogP contribution < -0.4 is 21.9 Å². The van der Waals surface area contributed by atoms with Gasteiger partial charge in [-0.1, -0.05) is 60.7 Å². The number of aromatic amines is 2. The highest BCUT2D eigenvalue weighted by Crippen LogP contribution is 2.22. The number of amides is 2. The van der Waals surface area contributed by atoms with E-state index in [9.17, 15) is 29.1 Å². The summed E-state index contributed by atoms with van der Waals surface area (Å²) in [5.74, 6) is -2.70. The van der Waals surface area contributed by atoms with Gasteiger partial charge in [-0.25, -0.2) is 14.2 Å². The van der Waals surface area contributed by atoms with Gasteiger partial charge in [0.15, 0.2) is 0 Å². The van der Waals surface area contributed by atoms with Crippen LogP contribution in [-0.4, -0.2) is 49.5 Å². The number of H-pyrrole nitrogens is 2. The molecule has 42 heavy (non-hydrogen) atoms. The van der Waals surface area contributed by atoms with Crippen molar-refractivity contribution < 1.29 is 19.5 Å². The Bertz CT molecular complexity index is 1890. The van der Waals surface area contributed by atoms with Crippen LogP contribution in [0, 0.1) is 0 Å². The van der Waals surface area contributed by atoms with E-state index in [4.69, 9.17) is 0 Å². The molecule has 0 aliphatic carbocycles. The molecule has 214 valence electrons. The molecule has 11 nitrogen and oxygen atoms in total. The number of hydrogen-bond acceptors (Lipinski definition) is 5. The van der Waals surface area contributed by atoms with Crippen LogP contribution in [0.4, 0.5) is 0 Å². The number of benzene rings is 3. The summed E-state index contributed by atoms with van der Waals surface area (Å²) in [6, 6.07) is 19.0. The topological polar surface area (TPSA) is 166 Å². The van der Waals surface area contributed by atoms with Gasteiger partial charge in [0, 0.05) is 29.9 Å². The van der Waals surface area contributed by atoms with Gasteiger partial charge in [-0.2, -0.15) is 0 Å². The maximum atomic E-state index is 13.7. The Hall–Kier alpha value is -5.45. The lowest BCUT2D eigenvalue weighted by Gasteiger charge is -2.23. The van der Waals surface area contributed by atoms with Crippen molar-refractivity contribution in [3.8, 4) is 0 Å². The van der Waals surface area contributed by atoms with Crippen molar-refractivity contribution in [3.05, 3.63) is 117 Å². The van der Waals surface area contributed by atoms with Crippen molar-refractivity contribution in [2.24, 2.45) is 0 Å². The first-order valence-electron chi connectivity index (χ1n) is 13.4. The Kier molecular flexibility index (Phi) is 8.00. The molecule has 2 heterocycles. The second-order valence-electron chi connectivity index (χ2n) is 10.0. The number of nitrogens with one attached hydrogen (secondary N) is 4. The van der Waals surface area contributed by atoms with E-state index in [0.29, 0.717) is 11.1 Å². The standard InChI is InChI=1S/C31H29N5O6/c1-18(27(37)34-25(30(40)41)15-19-9-3-2-4-10-19)33-28(38)26(16-20-17-32-23-13-7-5-11-21(20)23)36-29(39)22-12-6-8-14-24(22)35-31(36)42/h2-14,17-18,25-26,32H,15-16H2,1H3,(H,33,38)(H,34,37)(H,35,42)(H,40,41)/t18-,25-,26-/m0/s1. The number of aliphatic carboxylic acids is 1.